The molecule has 1 unspecified atom stereocenters. The minimum Gasteiger partial charge on any atom is -0.360 e. The molecule has 2 heteroatoms. The van der Waals surface area contributed by atoms with Crippen molar-refractivity contribution < 1.29 is 9.53 Å². The fraction of sp³-hybridized carbons (Fsp3) is 0.409. The number of carbonyl (C=O) groups is 1. The third kappa shape index (κ3) is 4.94. The molecule has 2 nitrogen and oxygen atoms in total. The van der Waals surface area contributed by atoms with E-state index in [-0.39, 0.29) is 11.5 Å². The number of hydrogen-bond donors (Lipinski definition) is 0. The van der Waals surface area contributed by atoms with Crippen LogP contribution in [0.2, 0.25) is 0 Å². The first kappa shape index (κ1) is 18.2. The number of hydrogen-bond acceptors (Lipinski definition) is 2. The molecule has 0 amide bonds. The number of rotatable bonds is 7. The fourth-order valence-corrected chi connectivity index (χ4v) is 2.89. The van der Waals surface area contributed by atoms with Gasteiger partial charge in [0.15, 0.2) is 0 Å². The Morgan fingerprint density at radius 2 is 2.04 bits per heavy atom. The maximum absolute atomic E-state index is 11.1. The van der Waals surface area contributed by atoms with E-state index in [0.29, 0.717) is 6.61 Å². The molecule has 0 bridgehead atoms. The maximum atomic E-state index is 11.1. The molecule has 0 saturated carbocycles. The summed E-state index contributed by atoms with van der Waals surface area (Å²) in [7, 11) is 0. The van der Waals surface area contributed by atoms with Gasteiger partial charge in [0.2, 0.25) is 0 Å². The van der Waals surface area contributed by atoms with Gasteiger partial charge in [0.05, 0.1) is 6.61 Å². The summed E-state index contributed by atoms with van der Waals surface area (Å²) < 4.78 is 6.14. The Kier molecular flexibility index (Phi) is 6.58. The highest BCUT2D eigenvalue weighted by Gasteiger charge is 2.28. The van der Waals surface area contributed by atoms with E-state index in [9.17, 15) is 4.79 Å². The normalized spacial score (nSPS) is 15.6. The number of allylic oxidation sites excluding steroid dienone is 3. The number of ether oxygens (including phenoxy) is 1. The average Bonchev–Trinajstić information content (AvgIpc) is 3.03. The first-order valence-corrected chi connectivity index (χ1v) is 8.52. The Bertz CT molecular complexity index is 656. The minimum atomic E-state index is -0.211. The molecular weight excluding hydrogens is 296 g/mol. The summed E-state index contributed by atoms with van der Waals surface area (Å²) in [6.45, 7) is 8.66. The van der Waals surface area contributed by atoms with Crippen molar-refractivity contribution in [3.63, 3.8) is 0 Å². The zero-order chi connectivity index (χ0) is 17.4. The maximum Gasteiger partial charge on any atom is 0.146 e. The van der Waals surface area contributed by atoms with E-state index in [0.717, 1.165) is 48.7 Å². The zero-order valence-corrected chi connectivity index (χ0v) is 14.7. The van der Waals surface area contributed by atoms with Crippen LogP contribution in [0.25, 0.3) is 0 Å². The summed E-state index contributed by atoms with van der Waals surface area (Å²) in [5.74, 6) is 6.51. The van der Waals surface area contributed by atoms with Gasteiger partial charge in [-0.15, -0.1) is 6.58 Å². The molecule has 2 rings (SSSR count). The van der Waals surface area contributed by atoms with Crippen molar-refractivity contribution in [2.75, 3.05) is 0 Å². The van der Waals surface area contributed by atoms with Crippen molar-refractivity contribution in [2.24, 2.45) is 5.41 Å². The first-order valence-electron chi connectivity index (χ1n) is 8.52. The largest absolute Gasteiger partial charge is 0.360 e. The van der Waals surface area contributed by atoms with Crippen LogP contribution in [0.1, 0.15) is 45.1 Å². The van der Waals surface area contributed by atoms with Crippen molar-refractivity contribution in [3.8, 4) is 11.8 Å². The Balaban J connectivity index is 2.17. The number of benzene rings is 1. The van der Waals surface area contributed by atoms with Crippen LogP contribution in [0.4, 0.5) is 0 Å². The molecule has 0 N–H and O–H groups in total. The van der Waals surface area contributed by atoms with Crippen molar-refractivity contribution in [1.29, 1.82) is 0 Å². The molecule has 0 fully saturated rings. The van der Waals surface area contributed by atoms with E-state index in [4.69, 9.17) is 4.74 Å². The van der Waals surface area contributed by atoms with Crippen LogP contribution in [0.3, 0.4) is 0 Å². The molecule has 0 saturated heterocycles. The van der Waals surface area contributed by atoms with Crippen LogP contribution in [0.15, 0.2) is 54.1 Å². The second kappa shape index (κ2) is 8.66. The van der Waals surface area contributed by atoms with Gasteiger partial charge in [0.25, 0.3) is 0 Å². The summed E-state index contributed by atoms with van der Waals surface area (Å²) in [5.41, 5.74) is 2.83. The van der Waals surface area contributed by atoms with Crippen LogP contribution in [0.5, 0.6) is 0 Å². The SMILES string of the molecule is C=CCC(C)(C)C(C#CC1=C(C=O)CCC1)OCc1ccccc1. The summed E-state index contributed by atoms with van der Waals surface area (Å²) in [6.07, 6.45) is 6.23. The third-order valence-corrected chi connectivity index (χ3v) is 4.40. The van der Waals surface area contributed by atoms with Crippen LogP contribution in [-0.2, 0) is 16.1 Å². The highest BCUT2D eigenvalue weighted by molar-refractivity contribution is 5.77. The molecule has 0 aromatic heterocycles. The van der Waals surface area contributed by atoms with Crippen molar-refractivity contribution in [1.82, 2.24) is 0 Å². The molecule has 1 atom stereocenters. The predicted octanol–water partition coefficient (Wildman–Crippen LogP) is 4.86. The molecule has 0 heterocycles. The topological polar surface area (TPSA) is 26.3 Å². The van der Waals surface area contributed by atoms with Gasteiger partial charge in [-0.1, -0.05) is 62.1 Å². The lowest BCUT2D eigenvalue weighted by atomic mass is 9.83. The van der Waals surface area contributed by atoms with Gasteiger partial charge < -0.3 is 4.74 Å². The standard InChI is InChI=1S/C22H26O2/c1-4-15-22(2,3)21(24-17-18-9-6-5-7-10-18)14-13-19-11-8-12-20(19)16-23/h4-7,9-10,16,21H,1,8,11-12,15,17H2,2-3H3. The van der Waals surface area contributed by atoms with Gasteiger partial charge in [-0.25, -0.2) is 0 Å². The summed E-state index contributed by atoms with van der Waals surface area (Å²) in [4.78, 5) is 11.1. The minimum absolute atomic E-state index is 0.135. The Hall–Kier alpha value is -2.11. The van der Waals surface area contributed by atoms with Crippen LogP contribution in [-0.4, -0.2) is 12.4 Å². The highest BCUT2D eigenvalue weighted by atomic mass is 16.5. The second-order valence-corrected chi connectivity index (χ2v) is 6.90. The molecule has 0 aliphatic heterocycles. The Morgan fingerprint density at radius 3 is 2.71 bits per heavy atom. The summed E-state index contributed by atoms with van der Waals surface area (Å²) in [6, 6.07) is 10.1. The lowest BCUT2D eigenvalue weighted by Gasteiger charge is -2.30. The van der Waals surface area contributed by atoms with Gasteiger partial charge in [-0.05, 0) is 31.2 Å². The fourth-order valence-electron chi connectivity index (χ4n) is 2.89. The number of aldehydes is 1. The molecule has 126 valence electrons. The summed E-state index contributed by atoms with van der Waals surface area (Å²) in [5, 5.41) is 0. The van der Waals surface area contributed by atoms with Crippen LogP contribution < -0.4 is 0 Å². The van der Waals surface area contributed by atoms with Gasteiger partial charge in [-0.2, -0.15) is 0 Å². The molecule has 1 aromatic rings. The lowest BCUT2D eigenvalue weighted by molar-refractivity contribution is -0.105. The van der Waals surface area contributed by atoms with E-state index in [1.165, 1.54) is 0 Å². The first-order chi connectivity index (χ1) is 11.6. The lowest BCUT2D eigenvalue weighted by Crippen LogP contribution is -2.30. The van der Waals surface area contributed by atoms with Crippen molar-refractivity contribution >= 4 is 6.29 Å². The second-order valence-electron chi connectivity index (χ2n) is 6.90. The smallest absolute Gasteiger partial charge is 0.146 e. The number of carbonyl (C=O) groups excluding carboxylic acids is 1. The molecule has 0 spiro atoms. The van der Waals surface area contributed by atoms with Gasteiger partial charge in [-0.3, -0.25) is 4.79 Å². The molecule has 24 heavy (non-hydrogen) atoms. The average molecular weight is 322 g/mol. The molecule has 1 aliphatic carbocycles. The van der Waals surface area contributed by atoms with E-state index in [1.54, 1.807) is 0 Å². The van der Waals surface area contributed by atoms with Crippen LogP contribution in [0, 0.1) is 17.3 Å². The van der Waals surface area contributed by atoms with Gasteiger partial charge in [0.1, 0.15) is 12.4 Å². The van der Waals surface area contributed by atoms with E-state index < -0.39 is 0 Å². The zero-order valence-electron chi connectivity index (χ0n) is 14.7. The third-order valence-electron chi connectivity index (χ3n) is 4.40. The Morgan fingerprint density at radius 1 is 1.29 bits per heavy atom. The summed E-state index contributed by atoms with van der Waals surface area (Å²) >= 11 is 0. The van der Waals surface area contributed by atoms with Crippen LogP contribution >= 0.6 is 0 Å². The molecule has 1 aromatic carbocycles. The molecule has 0 radical (unpaired) electrons. The Labute approximate surface area is 145 Å². The molecule has 1 aliphatic rings. The quantitative estimate of drug-likeness (QED) is 0.407. The predicted molar refractivity (Wildman–Crippen MR) is 98.3 cm³/mol. The molecular formula is C22H26O2. The van der Waals surface area contributed by atoms with Crippen molar-refractivity contribution in [3.05, 3.63) is 59.7 Å². The van der Waals surface area contributed by atoms with Gasteiger partial charge in [0, 0.05) is 16.6 Å². The van der Waals surface area contributed by atoms with Gasteiger partial charge >= 0.3 is 0 Å². The van der Waals surface area contributed by atoms with Crippen molar-refractivity contribution in [2.45, 2.75) is 52.2 Å². The highest BCUT2D eigenvalue weighted by Crippen LogP contribution is 2.29. The monoisotopic (exact) mass is 322 g/mol. The van der Waals surface area contributed by atoms with E-state index >= 15 is 0 Å². The van der Waals surface area contributed by atoms with E-state index in [1.807, 2.05) is 24.3 Å². The van der Waals surface area contributed by atoms with E-state index in [2.05, 4.69) is 44.4 Å².